The summed E-state index contributed by atoms with van der Waals surface area (Å²) in [4.78, 5) is 23.3. The van der Waals surface area contributed by atoms with Gasteiger partial charge in [0, 0.05) is 13.1 Å². The number of aliphatic carboxylic acids is 1. The van der Waals surface area contributed by atoms with Gasteiger partial charge in [-0.05, 0) is 20.8 Å². The lowest BCUT2D eigenvalue weighted by Crippen LogP contribution is -2.65. The Morgan fingerprint density at radius 1 is 1.44 bits per heavy atom. The van der Waals surface area contributed by atoms with Crippen LogP contribution in [0, 0.1) is 16.7 Å². The quantitative estimate of drug-likeness (QED) is 0.599. The maximum atomic E-state index is 11.4. The summed E-state index contributed by atoms with van der Waals surface area (Å²) in [7, 11) is 0. The molecular formula is C10H13N2O4-. The Bertz CT molecular complexity index is 358. The lowest BCUT2D eigenvalue weighted by molar-refractivity contribution is -0.320. The van der Waals surface area contributed by atoms with Gasteiger partial charge in [-0.1, -0.05) is 0 Å². The molecule has 88 valence electrons. The molecule has 16 heavy (non-hydrogen) atoms. The third kappa shape index (κ3) is 2.24. The first-order valence-corrected chi connectivity index (χ1v) is 4.81. The monoisotopic (exact) mass is 225 g/mol. The number of carboxylic acids is 1. The topological polar surface area (TPSA) is 93.5 Å². The van der Waals surface area contributed by atoms with Gasteiger partial charge in [-0.3, -0.25) is 0 Å². The van der Waals surface area contributed by atoms with Crippen molar-refractivity contribution in [2.45, 2.75) is 26.4 Å². The average Bonchev–Trinajstić information content (AvgIpc) is 1.98. The molecule has 1 aliphatic rings. The Morgan fingerprint density at radius 3 is 2.25 bits per heavy atom. The molecule has 1 aliphatic heterocycles. The Kier molecular flexibility index (Phi) is 2.82. The predicted molar refractivity (Wildman–Crippen MR) is 50.9 cm³/mol. The summed E-state index contributed by atoms with van der Waals surface area (Å²) in [6.07, 6.45) is -0.611. The van der Waals surface area contributed by atoms with Crippen LogP contribution < -0.4 is 5.11 Å². The van der Waals surface area contributed by atoms with Crippen LogP contribution in [0.5, 0.6) is 0 Å². The minimum Gasteiger partial charge on any atom is -0.548 e. The first-order valence-electron chi connectivity index (χ1n) is 4.81. The van der Waals surface area contributed by atoms with Crippen molar-refractivity contribution >= 4 is 12.1 Å². The van der Waals surface area contributed by atoms with Gasteiger partial charge in [0.15, 0.2) is 0 Å². The molecule has 0 unspecified atom stereocenters. The number of nitrogens with zero attached hydrogens (tertiary/aromatic N) is 2. The zero-order chi connectivity index (χ0) is 12.6. The van der Waals surface area contributed by atoms with Crippen LogP contribution in [0.25, 0.3) is 0 Å². The number of nitriles is 1. The number of carboxylic acid groups (broad SMARTS) is 1. The molecule has 6 nitrogen and oxygen atoms in total. The molecule has 0 aliphatic carbocycles. The van der Waals surface area contributed by atoms with Crippen LogP contribution >= 0.6 is 0 Å². The second-order valence-corrected chi connectivity index (χ2v) is 4.82. The van der Waals surface area contributed by atoms with E-state index in [0.717, 1.165) is 0 Å². The summed E-state index contributed by atoms with van der Waals surface area (Å²) >= 11 is 0. The second kappa shape index (κ2) is 3.67. The van der Waals surface area contributed by atoms with E-state index in [0.29, 0.717) is 0 Å². The molecule has 0 N–H and O–H groups in total. The van der Waals surface area contributed by atoms with Gasteiger partial charge in [-0.15, -0.1) is 0 Å². The third-order valence-electron chi connectivity index (χ3n) is 2.18. The van der Waals surface area contributed by atoms with Crippen molar-refractivity contribution in [3.63, 3.8) is 0 Å². The molecule has 1 rings (SSSR count). The number of carbonyl (C=O) groups is 2. The van der Waals surface area contributed by atoms with Crippen LogP contribution in [0.2, 0.25) is 0 Å². The molecule has 0 saturated carbocycles. The number of likely N-dealkylation sites (tertiary alicyclic amines) is 1. The lowest BCUT2D eigenvalue weighted by atomic mass is 9.82. The molecule has 1 heterocycles. The molecule has 1 amide bonds. The summed E-state index contributed by atoms with van der Waals surface area (Å²) in [5, 5.41) is 19.4. The van der Waals surface area contributed by atoms with Crippen LogP contribution in [0.4, 0.5) is 4.79 Å². The van der Waals surface area contributed by atoms with Gasteiger partial charge in [0.1, 0.15) is 11.0 Å². The van der Waals surface area contributed by atoms with E-state index in [1.165, 1.54) is 4.90 Å². The van der Waals surface area contributed by atoms with E-state index in [1.807, 2.05) is 0 Å². The minimum atomic E-state index is -1.57. The molecule has 0 radical (unpaired) electrons. The van der Waals surface area contributed by atoms with Gasteiger partial charge in [0.2, 0.25) is 0 Å². The molecule has 1 fully saturated rings. The van der Waals surface area contributed by atoms with Gasteiger partial charge >= 0.3 is 6.09 Å². The zero-order valence-electron chi connectivity index (χ0n) is 9.44. The highest BCUT2D eigenvalue weighted by Gasteiger charge is 2.48. The maximum Gasteiger partial charge on any atom is 0.410 e. The zero-order valence-corrected chi connectivity index (χ0v) is 9.44. The lowest BCUT2D eigenvalue weighted by Gasteiger charge is -2.45. The first-order chi connectivity index (χ1) is 7.20. The molecule has 0 bridgehead atoms. The predicted octanol–water partition coefficient (Wildman–Crippen LogP) is -0.503. The number of hydrogen-bond acceptors (Lipinski definition) is 5. The van der Waals surface area contributed by atoms with E-state index in [9.17, 15) is 14.7 Å². The fourth-order valence-electron chi connectivity index (χ4n) is 1.31. The number of carbonyl (C=O) groups excluding carboxylic acids is 2. The molecule has 0 aromatic carbocycles. The second-order valence-electron chi connectivity index (χ2n) is 4.82. The van der Waals surface area contributed by atoms with Crippen LogP contribution in [0.15, 0.2) is 0 Å². The molecule has 6 heteroatoms. The van der Waals surface area contributed by atoms with Crippen LogP contribution in [0.1, 0.15) is 20.8 Å². The Hall–Kier alpha value is -1.77. The highest BCUT2D eigenvalue weighted by Crippen LogP contribution is 2.30. The third-order valence-corrected chi connectivity index (χ3v) is 2.18. The number of amides is 1. The molecule has 0 spiro atoms. The van der Waals surface area contributed by atoms with Crippen LogP contribution in [-0.4, -0.2) is 35.7 Å². The van der Waals surface area contributed by atoms with E-state index in [4.69, 9.17) is 10.00 Å². The van der Waals surface area contributed by atoms with E-state index in [2.05, 4.69) is 0 Å². The van der Waals surface area contributed by atoms with E-state index in [-0.39, 0.29) is 13.1 Å². The van der Waals surface area contributed by atoms with Gasteiger partial charge in [0.25, 0.3) is 0 Å². The van der Waals surface area contributed by atoms with E-state index >= 15 is 0 Å². The van der Waals surface area contributed by atoms with Crippen molar-refractivity contribution in [1.82, 2.24) is 4.90 Å². The van der Waals surface area contributed by atoms with Crippen molar-refractivity contribution in [3.8, 4) is 6.07 Å². The number of hydrogen-bond donors (Lipinski definition) is 0. The fourth-order valence-corrected chi connectivity index (χ4v) is 1.31. The SMILES string of the molecule is CC(C)(C)OC(=O)N1CC(C#N)(C(=O)[O-])C1. The average molecular weight is 225 g/mol. The van der Waals surface area contributed by atoms with Crippen molar-refractivity contribution < 1.29 is 19.4 Å². The van der Waals surface area contributed by atoms with E-state index in [1.54, 1.807) is 26.8 Å². The summed E-state index contributed by atoms with van der Waals surface area (Å²) in [5.74, 6) is -1.45. The Balaban J connectivity index is 2.57. The summed E-state index contributed by atoms with van der Waals surface area (Å²) < 4.78 is 5.02. The highest BCUT2D eigenvalue weighted by molar-refractivity contribution is 5.82. The molecular weight excluding hydrogens is 212 g/mol. The largest absolute Gasteiger partial charge is 0.548 e. The van der Waals surface area contributed by atoms with Crippen molar-refractivity contribution in [2.75, 3.05) is 13.1 Å². The Labute approximate surface area is 93.4 Å². The first kappa shape index (κ1) is 12.3. The smallest absolute Gasteiger partial charge is 0.410 e. The number of ether oxygens (including phenoxy) is 1. The maximum absolute atomic E-state index is 11.4. The molecule has 0 aromatic rings. The minimum absolute atomic E-state index is 0.180. The van der Waals surface area contributed by atoms with Crippen LogP contribution in [-0.2, 0) is 9.53 Å². The van der Waals surface area contributed by atoms with E-state index < -0.39 is 23.1 Å². The van der Waals surface area contributed by atoms with Crippen molar-refractivity contribution in [3.05, 3.63) is 0 Å². The van der Waals surface area contributed by atoms with Crippen molar-refractivity contribution in [1.29, 1.82) is 5.26 Å². The molecule has 0 aromatic heterocycles. The number of rotatable bonds is 1. The Morgan fingerprint density at radius 2 is 1.94 bits per heavy atom. The fraction of sp³-hybridized carbons (Fsp3) is 0.700. The van der Waals surface area contributed by atoms with Crippen molar-refractivity contribution in [2.24, 2.45) is 5.41 Å². The molecule has 0 atom stereocenters. The highest BCUT2D eigenvalue weighted by atomic mass is 16.6. The standard InChI is InChI=1S/C10H14N2O4/c1-9(2,3)16-8(15)12-5-10(4-11,6-12)7(13)14/h5-6H2,1-3H3,(H,13,14)/p-1. The summed E-state index contributed by atoms with van der Waals surface area (Å²) in [5.41, 5.74) is -2.21. The van der Waals surface area contributed by atoms with Gasteiger partial charge in [-0.25, -0.2) is 4.79 Å². The van der Waals surface area contributed by atoms with Gasteiger partial charge < -0.3 is 19.5 Å². The summed E-state index contributed by atoms with van der Waals surface area (Å²) in [6, 6.07) is 1.65. The van der Waals surface area contributed by atoms with Gasteiger partial charge in [0.05, 0.1) is 12.0 Å². The van der Waals surface area contributed by atoms with Crippen LogP contribution in [0.3, 0.4) is 0 Å². The van der Waals surface area contributed by atoms with Gasteiger partial charge in [-0.2, -0.15) is 5.26 Å². The summed E-state index contributed by atoms with van der Waals surface area (Å²) in [6.45, 7) is 4.77. The molecule has 1 saturated heterocycles. The normalized spacial score (nSPS) is 18.2.